The Morgan fingerprint density at radius 3 is 2.74 bits per heavy atom. The molecule has 1 N–H and O–H groups in total. The molecule has 1 saturated heterocycles. The Morgan fingerprint density at radius 1 is 1.19 bits per heavy atom. The zero-order chi connectivity index (χ0) is 30.1. The molecule has 12 heteroatoms. The molecule has 0 bridgehead atoms. The predicted octanol–water partition coefficient (Wildman–Crippen LogP) is 4.32. The van der Waals surface area contributed by atoms with E-state index in [4.69, 9.17) is 16.3 Å². The van der Waals surface area contributed by atoms with E-state index in [0.29, 0.717) is 55.6 Å². The number of carboxylic acids is 1. The van der Waals surface area contributed by atoms with Gasteiger partial charge in [0, 0.05) is 43.2 Å². The lowest BCUT2D eigenvalue weighted by molar-refractivity contribution is -0.162. The number of benzene rings is 1. The Balaban J connectivity index is 1.28. The second kappa shape index (κ2) is 10.5. The maximum Gasteiger partial charge on any atom is 0.310 e. The van der Waals surface area contributed by atoms with Crippen LogP contribution in [0.1, 0.15) is 86.8 Å². The van der Waals surface area contributed by atoms with Crippen LogP contribution in [-0.2, 0) is 40.4 Å². The number of carbonyl (C=O) groups excluding carboxylic acids is 2. The lowest BCUT2D eigenvalue weighted by Gasteiger charge is -2.45. The molecule has 230 valence electrons. The normalized spacial score (nSPS) is 27.4. The second-order valence-electron chi connectivity index (χ2n) is 13.4. The minimum absolute atomic E-state index is 0.000862. The van der Waals surface area contributed by atoms with Crippen LogP contribution in [0.15, 0.2) is 6.07 Å². The van der Waals surface area contributed by atoms with Crippen LogP contribution in [0.3, 0.4) is 0 Å². The largest absolute Gasteiger partial charge is 0.484 e. The van der Waals surface area contributed by atoms with E-state index < -0.39 is 29.2 Å². The number of aliphatic carboxylic acids is 1. The Morgan fingerprint density at radius 2 is 2.00 bits per heavy atom. The van der Waals surface area contributed by atoms with Gasteiger partial charge in [0.1, 0.15) is 12.3 Å². The molecule has 2 aromatic rings. The molecule has 43 heavy (non-hydrogen) atoms. The molecule has 2 aliphatic carbocycles. The summed E-state index contributed by atoms with van der Waals surface area (Å²) >= 11 is 6.64. The molecule has 1 spiro atoms. The first-order valence-electron chi connectivity index (χ1n) is 15.5. The van der Waals surface area contributed by atoms with Crippen molar-refractivity contribution in [1.29, 1.82) is 0 Å². The molecular weight excluding hydrogens is 577 g/mol. The molecule has 0 unspecified atom stereocenters. The average Bonchev–Trinajstić information content (AvgIpc) is 3.26. The van der Waals surface area contributed by atoms with Gasteiger partial charge >= 0.3 is 5.97 Å². The number of hydrogen-bond acceptors (Lipinski definition) is 6. The van der Waals surface area contributed by atoms with Crippen molar-refractivity contribution in [3.63, 3.8) is 0 Å². The van der Waals surface area contributed by atoms with Gasteiger partial charge in [-0.3, -0.25) is 14.4 Å². The number of hydrogen-bond donors (Lipinski definition) is 1. The standard InChI is InChI=1S/C31H37ClFN5O5/c1-30(29(41)42)8-3-2-5-19(30)28(40)37-12-7-18-20(32)13-21(33)27(43-16-22-23-6-4-11-38(23)35-34-22)26(18)24(37)15-36-17-31(9-10-31)14-25(36)39/h13,19,24H,2-12,14-17H2,1H3,(H,41,42)/t19-,24+,30-/m0/s1. The van der Waals surface area contributed by atoms with E-state index in [-0.39, 0.29) is 41.2 Å². The molecule has 3 atom stereocenters. The molecular formula is C31H37ClFN5O5. The summed E-state index contributed by atoms with van der Waals surface area (Å²) in [6.07, 6.45) is 7.01. The quantitative estimate of drug-likeness (QED) is 0.494. The summed E-state index contributed by atoms with van der Waals surface area (Å²) in [6.45, 7) is 3.52. The summed E-state index contributed by atoms with van der Waals surface area (Å²) < 4.78 is 23.9. The van der Waals surface area contributed by atoms with E-state index in [1.54, 1.807) is 16.7 Å². The van der Waals surface area contributed by atoms with Crippen molar-refractivity contribution in [3.8, 4) is 5.75 Å². The number of amides is 2. The molecule has 4 heterocycles. The molecule has 3 fully saturated rings. The van der Waals surface area contributed by atoms with Crippen LogP contribution in [0.25, 0.3) is 0 Å². The first-order valence-corrected chi connectivity index (χ1v) is 15.8. The summed E-state index contributed by atoms with van der Waals surface area (Å²) in [7, 11) is 0. The van der Waals surface area contributed by atoms with Gasteiger partial charge in [0.05, 0.1) is 23.1 Å². The van der Waals surface area contributed by atoms with Crippen LogP contribution in [0.5, 0.6) is 5.75 Å². The number of aromatic nitrogens is 3. The van der Waals surface area contributed by atoms with E-state index in [9.17, 15) is 19.5 Å². The lowest BCUT2D eigenvalue weighted by Crippen LogP contribution is -2.52. The third kappa shape index (κ3) is 4.78. The summed E-state index contributed by atoms with van der Waals surface area (Å²) in [5.41, 5.74) is 1.57. The first-order chi connectivity index (χ1) is 20.6. The highest BCUT2D eigenvalue weighted by Crippen LogP contribution is 2.54. The van der Waals surface area contributed by atoms with Crippen molar-refractivity contribution < 1.29 is 28.6 Å². The fraction of sp³-hybridized carbons (Fsp3) is 0.645. The SMILES string of the molecule is C[C@]1(C(=O)O)CCCC[C@H]1C(=O)N1CCc2c(Cl)cc(F)c(OCc3nnn4c3CCC4)c2[C@H]1CN1CC2(CC2)CC1=O. The van der Waals surface area contributed by atoms with Crippen molar-refractivity contribution >= 4 is 29.4 Å². The van der Waals surface area contributed by atoms with Gasteiger partial charge < -0.3 is 19.6 Å². The van der Waals surface area contributed by atoms with Gasteiger partial charge in [-0.25, -0.2) is 9.07 Å². The highest BCUT2D eigenvalue weighted by atomic mass is 35.5. The van der Waals surface area contributed by atoms with Gasteiger partial charge in [0.15, 0.2) is 11.6 Å². The predicted molar refractivity (Wildman–Crippen MR) is 153 cm³/mol. The van der Waals surface area contributed by atoms with Crippen LogP contribution < -0.4 is 4.74 Å². The van der Waals surface area contributed by atoms with Gasteiger partial charge in [-0.2, -0.15) is 0 Å². The molecule has 1 aromatic heterocycles. The average molecular weight is 614 g/mol. The smallest absolute Gasteiger partial charge is 0.310 e. The number of ether oxygens (including phenoxy) is 1. The van der Waals surface area contributed by atoms with E-state index in [1.807, 2.05) is 4.68 Å². The minimum atomic E-state index is -1.20. The maximum absolute atomic E-state index is 15.8. The zero-order valence-electron chi connectivity index (χ0n) is 24.4. The minimum Gasteiger partial charge on any atom is -0.484 e. The third-order valence-electron chi connectivity index (χ3n) is 10.7. The fourth-order valence-corrected chi connectivity index (χ4v) is 8.23. The Bertz CT molecular complexity index is 1510. The van der Waals surface area contributed by atoms with Gasteiger partial charge in [-0.1, -0.05) is 29.7 Å². The maximum atomic E-state index is 15.8. The topological polar surface area (TPSA) is 118 Å². The molecule has 2 saturated carbocycles. The summed E-state index contributed by atoms with van der Waals surface area (Å²) in [4.78, 5) is 43.5. The number of rotatable bonds is 7. The molecule has 7 rings (SSSR count). The Kier molecular flexibility index (Phi) is 6.94. The number of aryl methyl sites for hydroxylation is 1. The van der Waals surface area contributed by atoms with Crippen molar-refractivity contribution in [2.75, 3.05) is 19.6 Å². The van der Waals surface area contributed by atoms with Crippen LogP contribution >= 0.6 is 11.6 Å². The summed E-state index contributed by atoms with van der Waals surface area (Å²) in [5, 5.41) is 18.9. The van der Waals surface area contributed by atoms with Crippen molar-refractivity contribution in [3.05, 3.63) is 39.4 Å². The van der Waals surface area contributed by atoms with Crippen molar-refractivity contribution in [2.45, 2.75) is 90.3 Å². The van der Waals surface area contributed by atoms with E-state index in [0.717, 1.165) is 50.8 Å². The molecule has 5 aliphatic rings. The molecule has 3 aliphatic heterocycles. The second-order valence-corrected chi connectivity index (χ2v) is 13.8. The fourth-order valence-electron chi connectivity index (χ4n) is 7.93. The number of nitrogens with zero attached hydrogens (tertiary/aromatic N) is 5. The Hall–Kier alpha value is -3.21. The van der Waals surface area contributed by atoms with E-state index in [1.165, 1.54) is 6.07 Å². The van der Waals surface area contributed by atoms with Crippen molar-refractivity contribution in [1.82, 2.24) is 24.8 Å². The highest BCUT2D eigenvalue weighted by molar-refractivity contribution is 6.31. The Labute approximate surface area is 254 Å². The zero-order valence-corrected chi connectivity index (χ0v) is 25.2. The number of carbonyl (C=O) groups is 3. The van der Waals surface area contributed by atoms with Crippen LogP contribution in [0.4, 0.5) is 4.39 Å². The molecule has 10 nitrogen and oxygen atoms in total. The van der Waals surface area contributed by atoms with Gasteiger partial charge in [0.2, 0.25) is 11.8 Å². The highest BCUT2D eigenvalue weighted by Gasteiger charge is 2.54. The van der Waals surface area contributed by atoms with Gasteiger partial charge in [0.25, 0.3) is 0 Å². The third-order valence-corrected chi connectivity index (χ3v) is 11.1. The number of likely N-dealkylation sites (tertiary alicyclic amines) is 1. The first kappa shape index (κ1) is 28.6. The summed E-state index contributed by atoms with van der Waals surface area (Å²) in [5.74, 6) is -2.60. The number of halogens is 2. The molecule has 1 aromatic carbocycles. The van der Waals surface area contributed by atoms with E-state index in [2.05, 4.69) is 10.3 Å². The molecule has 0 radical (unpaired) electrons. The van der Waals surface area contributed by atoms with Crippen molar-refractivity contribution in [2.24, 2.45) is 16.7 Å². The van der Waals surface area contributed by atoms with Crippen LogP contribution in [0.2, 0.25) is 5.02 Å². The van der Waals surface area contributed by atoms with Gasteiger partial charge in [-0.05, 0) is 68.9 Å². The van der Waals surface area contributed by atoms with E-state index >= 15 is 4.39 Å². The monoisotopic (exact) mass is 613 g/mol. The van der Waals surface area contributed by atoms with Crippen LogP contribution in [-0.4, -0.2) is 67.3 Å². The lowest BCUT2D eigenvalue weighted by atomic mass is 9.66. The number of carboxylic acid groups (broad SMARTS) is 1. The number of fused-ring (bicyclic) bond motifs is 2. The summed E-state index contributed by atoms with van der Waals surface area (Å²) in [6, 6.07) is 0.520. The van der Waals surface area contributed by atoms with Gasteiger partial charge in [-0.15, -0.1) is 5.10 Å². The van der Waals surface area contributed by atoms with Crippen LogP contribution in [0, 0.1) is 22.6 Å². The molecule has 2 amide bonds.